The molecule has 0 saturated heterocycles. The Morgan fingerprint density at radius 3 is 2.53 bits per heavy atom. The van der Waals surface area contributed by atoms with E-state index in [1.54, 1.807) is 26.8 Å². The number of nitrogens with zero attached hydrogens (tertiary/aromatic N) is 3. The van der Waals surface area contributed by atoms with Gasteiger partial charge in [0, 0.05) is 16.5 Å². The van der Waals surface area contributed by atoms with E-state index in [1.165, 1.54) is 37.2 Å². The quantitative estimate of drug-likeness (QED) is 0.527. The highest BCUT2D eigenvalue weighted by atomic mass is 35.5. The molecule has 0 spiro atoms. The van der Waals surface area contributed by atoms with Crippen LogP contribution >= 0.6 is 11.6 Å². The highest BCUT2D eigenvalue weighted by Gasteiger charge is 2.31. The predicted octanol–water partition coefficient (Wildman–Crippen LogP) is 5.59. The van der Waals surface area contributed by atoms with Gasteiger partial charge in [-0.3, -0.25) is 0 Å². The van der Waals surface area contributed by atoms with Crippen LogP contribution in [0.25, 0.3) is 11.8 Å². The Bertz CT molecular complexity index is 1150. The minimum Gasteiger partial charge on any atom is -0.427 e. The zero-order chi connectivity index (χ0) is 25.3. The number of hydroxylamine groups is 1. The molecule has 1 aromatic heterocycles. The number of ether oxygens (including phenoxy) is 2. The van der Waals surface area contributed by atoms with Crippen LogP contribution in [0.2, 0.25) is 0 Å². The molecule has 0 unspecified atom stereocenters. The van der Waals surface area contributed by atoms with E-state index in [0.717, 1.165) is 53.3 Å². The molecular weight excluding hydrogens is 480 g/mol. The Morgan fingerprint density at radius 2 is 1.81 bits per heavy atom. The van der Waals surface area contributed by atoms with Crippen molar-refractivity contribution < 1.29 is 19.1 Å². The van der Waals surface area contributed by atoms with Crippen molar-refractivity contribution in [1.82, 2.24) is 4.98 Å². The number of halogens is 1. The zero-order valence-corrected chi connectivity index (χ0v) is 22.3. The Hall–Kier alpha value is -2.32. The first kappa shape index (κ1) is 25.3. The first-order valence-corrected chi connectivity index (χ1v) is 13.7. The van der Waals surface area contributed by atoms with Gasteiger partial charge in [0.05, 0.1) is 41.7 Å². The third-order valence-electron chi connectivity index (χ3n) is 7.32. The number of aromatic nitrogens is 1. The summed E-state index contributed by atoms with van der Waals surface area (Å²) in [4.78, 5) is 21.7. The summed E-state index contributed by atoms with van der Waals surface area (Å²) in [6.07, 6.45) is 14.2. The maximum absolute atomic E-state index is 12.5. The summed E-state index contributed by atoms with van der Waals surface area (Å²) < 4.78 is 11.8. The lowest BCUT2D eigenvalue weighted by atomic mass is 9.84. The fraction of sp³-hybridized carbons (Fsp3) is 0.667. The van der Waals surface area contributed by atoms with Crippen molar-refractivity contribution >= 4 is 35.2 Å². The summed E-state index contributed by atoms with van der Waals surface area (Å²) in [7, 11) is 0. The van der Waals surface area contributed by atoms with Crippen molar-refractivity contribution in [2.75, 3.05) is 11.6 Å². The van der Waals surface area contributed by atoms with E-state index in [9.17, 15) is 4.79 Å². The van der Waals surface area contributed by atoms with Crippen LogP contribution in [0.1, 0.15) is 84.1 Å². The lowest BCUT2D eigenvalue weighted by Crippen LogP contribution is -2.34. The molecule has 5 rings (SSSR count). The molecule has 2 aliphatic heterocycles. The number of hydrogen-bond acceptors (Lipinski definition) is 7. The number of azo groups is 1. The van der Waals surface area contributed by atoms with Gasteiger partial charge in [0.2, 0.25) is 0 Å². The molecule has 3 heterocycles. The van der Waals surface area contributed by atoms with Gasteiger partial charge in [-0.15, -0.1) is 0 Å². The second kappa shape index (κ2) is 10.6. The van der Waals surface area contributed by atoms with Gasteiger partial charge < -0.3 is 19.3 Å². The van der Waals surface area contributed by atoms with Crippen LogP contribution in [0.15, 0.2) is 21.3 Å². The monoisotopic (exact) mass is 516 g/mol. The van der Waals surface area contributed by atoms with Crippen molar-refractivity contribution in [1.29, 1.82) is 0 Å². The molecule has 1 N–H and O–H groups in total. The van der Waals surface area contributed by atoms with Crippen LogP contribution in [-0.2, 0) is 20.9 Å². The number of hydrogen-bond donors (Lipinski definition) is 1. The van der Waals surface area contributed by atoms with Crippen molar-refractivity contribution in [3.05, 3.63) is 27.4 Å². The minimum atomic E-state index is -0.757. The molecule has 2 aliphatic carbocycles. The summed E-state index contributed by atoms with van der Waals surface area (Å²) in [5.41, 5.74) is 2.05. The molecule has 0 aromatic carbocycles. The minimum absolute atomic E-state index is 0.307. The Kier molecular flexibility index (Phi) is 7.45. The summed E-state index contributed by atoms with van der Waals surface area (Å²) in [5.74, 6) is 0.313. The van der Waals surface area contributed by atoms with Gasteiger partial charge in [-0.05, 0) is 71.4 Å². The fourth-order valence-corrected chi connectivity index (χ4v) is 5.85. The van der Waals surface area contributed by atoms with E-state index in [4.69, 9.17) is 25.9 Å². The van der Waals surface area contributed by atoms with Crippen LogP contribution in [0, 0.1) is 5.92 Å². The number of nitrogens with one attached hydrogen (secondary N) is 1. The molecule has 1 aromatic rings. The summed E-state index contributed by atoms with van der Waals surface area (Å²) in [5, 5.41) is 12.9. The molecule has 196 valence electrons. The SMILES string of the molecule is CC(C)(C)OC(=O)ON1CC=C(Cl)C=c2[nH]c3c(c21)CN=NC=3[C@H]1CC[C@H](OC2CCCCC2)CC1. The molecule has 36 heavy (non-hydrogen) atoms. The van der Waals surface area contributed by atoms with Crippen LogP contribution in [-0.4, -0.2) is 35.5 Å². The average molecular weight is 517 g/mol. The van der Waals surface area contributed by atoms with Crippen molar-refractivity contribution in [3.63, 3.8) is 0 Å². The second-order valence-electron chi connectivity index (χ2n) is 11.2. The molecular formula is C27H37ClN4O4. The Balaban J connectivity index is 1.38. The van der Waals surface area contributed by atoms with Gasteiger partial charge in [-0.25, -0.2) is 4.79 Å². The van der Waals surface area contributed by atoms with Crippen molar-refractivity contribution in [2.45, 2.75) is 103 Å². The number of fused-ring (bicyclic) bond motifs is 3. The number of carbonyl (C=O) groups excluding carboxylic acids is 1. The average Bonchev–Trinajstić information content (AvgIpc) is 3.12. The van der Waals surface area contributed by atoms with Gasteiger partial charge >= 0.3 is 6.16 Å². The Labute approximate surface area is 217 Å². The molecule has 9 heteroatoms. The first-order valence-electron chi connectivity index (χ1n) is 13.3. The third kappa shape index (κ3) is 5.80. The number of allylic oxidation sites excluding steroid dienone is 1. The smallest absolute Gasteiger partial charge is 0.427 e. The molecule has 0 amide bonds. The number of rotatable bonds is 4. The van der Waals surface area contributed by atoms with Crippen LogP contribution in [0.5, 0.6) is 0 Å². The molecule has 2 saturated carbocycles. The first-order chi connectivity index (χ1) is 17.3. The van der Waals surface area contributed by atoms with E-state index in [0.29, 0.717) is 36.2 Å². The number of aromatic amines is 1. The number of carbonyl (C=O) groups is 1. The standard InChI is InChI=1S/C27H37ClN4O4/c1-27(2,3)35-26(33)36-32-14-13-18(28)15-22-25(32)21-16-29-31-23(24(21)30-22)17-9-11-20(12-10-17)34-19-7-5-4-6-8-19/h13,15,17,19-20,30H,4-12,14,16H2,1-3H3/t17-,20-. The maximum atomic E-state index is 12.5. The van der Waals surface area contributed by atoms with Gasteiger partial charge in [-0.1, -0.05) is 30.9 Å². The van der Waals surface area contributed by atoms with Crippen molar-refractivity contribution in [2.24, 2.45) is 16.1 Å². The number of anilines is 1. The highest BCUT2D eigenvalue weighted by Crippen LogP contribution is 2.36. The molecule has 4 aliphatic rings. The lowest BCUT2D eigenvalue weighted by molar-refractivity contribution is -0.0482. The molecule has 0 radical (unpaired) electrons. The summed E-state index contributed by atoms with van der Waals surface area (Å²) in [6, 6.07) is 0. The normalized spacial score (nSPS) is 24.8. The zero-order valence-electron chi connectivity index (χ0n) is 21.5. The van der Waals surface area contributed by atoms with E-state index < -0.39 is 11.8 Å². The lowest BCUT2D eigenvalue weighted by Gasteiger charge is -2.33. The molecule has 2 fully saturated rings. The van der Waals surface area contributed by atoms with Gasteiger partial charge in [0.1, 0.15) is 11.3 Å². The third-order valence-corrected chi connectivity index (χ3v) is 7.59. The van der Waals surface area contributed by atoms with E-state index in [-0.39, 0.29) is 0 Å². The van der Waals surface area contributed by atoms with Gasteiger partial charge in [-0.2, -0.15) is 15.3 Å². The van der Waals surface area contributed by atoms with Gasteiger partial charge in [0.15, 0.2) is 0 Å². The second-order valence-corrected chi connectivity index (χ2v) is 11.7. The van der Waals surface area contributed by atoms with Crippen LogP contribution < -0.4 is 15.8 Å². The van der Waals surface area contributed by atoms with E-state index >= 15 is 0 Å². The van der Waals surface area contributed by atoms with E-state index in [1.807, 2.05) is 6.08 Å². The Morgan fingerprint density at radius 1 is 1.08 bits per heavy atom. The largest absolute Gasteiger partial charge is 0.533 e. The topological polar surface area (TPSA) is 88.5 Å². The number of H-pyrrole nitrogens is 1. The molecule has 8 nitrogen and oxygen atoms in total. The summed E-state index contributed by atoms with van der Waals surface area (Å²) >= 11 is 6.42. The summed E-state index contributed by atoms with van der Waals surface area (Å²) in [6.45, 7) is 6.14. The van der Waals surface area contributed by atoms with Crippen LogP contribution in [0.3, 0.4) is 0 Å². The predicted molar refractivity (Wildman–Crippen MR) is 139 cm³/mol. The van der Waals surface area contributed by atoms with Gasteiger partial charge in [0.25, 0.3) is 0 Å². The molecule has 0 atom stereocenters. The van der Waals surface area contributed by atoms with Crippen molar-refractivity contribution in [3.8, 4) is 0 Å². The molecule has 0 bridgehead atoms. The maximum Gasteiger partial charge on any atom is 0.533 e. The highest BCUT2D eigenvalue weighted by molar-refractivity contribution is 6.34. The fourth-order valence-electron chi connectivity index (χ4n) is 5.68. The van der Waals surface area contributed by atoms with Crippen LogP contribution in [0.4, 0.5) is 10.5 Å². The van der Waals surface area contributed by atoms with E-state index in [2.05, 4.69) is 15.2 Å².